The monoisotopic (exact) mass is 563 g/mol. The van der Waals surface area contributed by atoms with E-state index < -0.39 is 26.0 Å². The van der Waals surface area contributed by atoms with E-state index in [0.29, 0.717) is 22.6 Å². The molecule has 0 atom stereocenters. The van der Waals surface area contributed by atoms with E-state index in [1.807, 2.05) is 50.2 Å². The Kier molecular flexibility index (Phi) is 8.08. The zero-order chi connectivity index (χ0) is 28.2. The zero-order valence-corrected chi connectivity index (χ0v) is 23.4. The van der Waals surface area contributed by atoms with Gasteiger partial charge in [0.2, 0.25) is 10.0 Å². The minimum atomic E-state index is -3.79. The Morgan fingerprint density at radius 3 is 1.92 bits per heavy atom. The molecule has 4 rings (SSSR count). The molecule has 0 aliphatic carbocycles. The average molecular weight is 564 g/mol. The molecule has 1 amide bonds. The largest absolute Gasteiger partial charge is 0.322 e. The summed E-state index contributed by atoms with van der Waals surface area (Å²) >= 11 is 0. The number of nitrogens with zero attached hydrogens (tertiary/aromatic N) is 1. The van der Waals surface area contributed by atoms with Crippen LogP contribution in [0.15, 0.2) is 102 Å². The van der Waals surface area contributed by atoms with Gasteiger partial charge in [-0.1, -0.05) is 42.0 Å². The summed E-state index contributed by atoms with van der Waals surface area (Å²) in [6.45, 7) is 4.01. The number of carbonyl (C=O) groups excluding carboxylic acids is 1. The van der Waals surface area contributed by atoms with Crippen molar-refractivity contribution in [3.63, 3.8) is 0 Å². The summed E-state index contributed by atoms with van der Waals surface area (Å²) in [5, 5.41) is 2.73. The highest BCUT2D eigenvalue weighted by atomic mass is 32.2. The molecule has 0 heterocycles. The Bertz CT molecular complexity index is 1680. The first-order chi connectivity index (χ1) is 18.4. The number of hydrogen-bond donors (Lipinski definition) is 2. The molecule has 4 aromatic carbocycles. The quantitative estimate of drug-likeness (QED) is 0.286. The number of hydrogen-bond acceptors (Lipinski definition) is 5. The lowest BCUT2D eigenvalue weighted by Crippen LogP contribution is -2.29. The highest BCUT2D eigenvalue weighted by Crippen LogP contribution is 2.24. The summed E-state index contributed by atoms with van der Waals surface area (Å²) in [7, 11) is -7.36. The van der Waals surface area contributed by atoms with E-state index in [-0.39, 0.29) is 11.4 Å². The number of carbonyl (C=O) groups is 1. The van der Waals surface area contributed by atoms with Crippen molar-refractivity contribution in [3.05, 3.63) is 119 Å². The lowest BCUT2D eigenvalue weighted by molar-refractivity contribution is 0.102. The molecule has 0 radical (unpaired) electrons. The summed E-state index contributed by atoms with van der Waals surface area (Å²) in [5.74, 6) is -0.417. The molecular weight excluding hydrogens is 534 g/mol. The van der Waals surface area contributed by atoms with Crippen molar-refractivity contribution in [1.82, 2.24) is 0 Å². The highest BCUT2D eigenvalue weighted by Gasteiger charge is 2.19. The SMILES string of the molecule is Cc1ccc(NS(=O)(=O)c2ccc(NC(=O)c3ccc(N(Cc4ccccc4C)S(C)(=O)=O)cc3)cc2)cc1. The molecule has 2 N–H and O–H groups in total. The number of aryl methyl sites for hydroxylation is 2. The predicted molar refractivity (Wildman–Crippen MR) is 155 cm³/mol. The van der Waals surface area contributed by atoms with E-state index in [0.717, 1.165) is 22.9 Å². The second-order valence-electron chi connectivity index (χ2n) is 9.19. The number of rotatable bonds is 9. The molecule has 0 aliphatic heterocycles. The van der Waals surface area contributed by atoms with Crippen molar-refractivity contribution in [1.29, 1.82) is 0 Å². The van der Waals surface area contributed by atoms with Crippen LogP contribution < -0.4 is 14.3 Å². The molecule has 0 fully saturated rings. The fraction of sp³-hybridized carbons (Fsp3) is 0.138. The number of sulfonamides is 2. The van der Waals surface area contributed by atoms with Crippen molar-refractivity contribution in [2.75, 3.05) is 20.6 Å². The molecule has 0 spiro atoms. The summed E-state index contributed by atoms with van der Waals surface area (Å²) in [4.78, 5) is 12.9. The first-order valence-corrected chi connectivity index (χ1v) is 15.4. The van der Waals surface area contributed by atoms with E-state index in [9.17, 15) is 21.6 Å². The predicted octanol–water partition coefficient (Wildman–Crippen LogP) is 5.32. The third kappa shape index (κ3) is 7.04. The maximum atomic E-state index is 12.8. The van der Waals surface area contributed by atoms with Crippen LogP contribution in [0.4, 0.5) is 17.1 Å². The third-order valence-corrected chi connectivity index (χ3v) is 8.66. The van der Waals surface area contributed by atoms with Crippen LogP contribution in [-0.4, -0.2) is 29.0 Å². The molecular formula is C29H29N3O5S2. The third-order valence-electron chi connectivity index (χ3n) is 6.12. The first kappa shape index (κ1) is 27.9. The average Bonchev–Trinajstić information content (AvgIpc) is 2.89. The van der Waals surface area contributed by atoms with Gasteiger partial charge in [-0.05, 0) is 85.6 Å². The minimum absolute atomic E-state index is 0.0555. The van der Waals surface area contributed by atoms with Gasteiger partial charge in [0.1, 0.15) is 0 Å². The van der Waals surface area contributed by atoms with Crippen molar-refractivity contribution in [3.8, 4) is 0 Å². The number of nitrogens with one attached hydrogen (secondary N) is 2. The van der Waals surface area contributed by atoms with Crippen LogP contribution in [0.1, 0.15) is 27.0 Å². The van der Waals surface area contributed by atoms with Crippen LogP contribution in [0.5, 0.6) is 0 Å². The second kappa shape index (κ2) is 11.3. The summed E-state index contributed by atoms with van der Waals surface area (Å²) in [6, 6.07) is 26.6. The van der Waals surface area contributed by atoms with Gasteiger partial charge in [0.15, 0.2) is 0 Å². The molecule has 8 nitrogen and oxygen atoms in total. The Morgan fingerprint density at radius 1 is 0.744 bits per heavy atom. The van der Waals surface area contributed by atoms with Gasteiger partial charge in [0.25, 0.3) is 15.9 Å². The lowest BCUT2D eigenvalue weighted by atomic mass is 10.1. The second-order valence-corrected chi connectivity index (χ2v) is 12.8. The molecule has 0 saturated carbocycles. The van der Waals surface area contributed by atoms with Gasteiger partial charge in [-0.3, -0.25) is 13.8 Å². The Morgan fingerprint density at radius 2 is 1.33 bits per heavy atom. The Balaban J connectivity index is 1.45. The maximum absolute atomic E-state index is 12.8. The van der Waals surface area contributed by atoms with Gasteiger partial charge in [-0.25, -0.2) is 16.8 Å². The smallest absolute Gasteiger partial charge is 0.261 e. The standard InChI is InChI=1S/C29H29N3O5S2/c1-21-8-12-26(13-9-21)31-39(36,37)28-18-14-25(15-19-28)30-29(33)23-10-16-27(17-11-23)32(38(3,34)35)20-24-7-5-4-6-22(24)2/h4-19,31H,20H2,1-3H3,(H,30,33). The van der Waals surface area contributed by atoms with Gasteiger partial charge in [0.05, 0.1) is 23.4 Å². The van der Waals surface area contributed by atoms with Crippen molar-refractivity contribution in [2.45, 2.75) is 25.3 Å². The first-order valence-electron chi connectivity index (χ1n) is 12.1. The molecule has 0 saturated heterocycles. The number of anilines is 3. The normalized spacial score (nSPS) is 11.6. The fourth-order valence-corrected chi connectivity index (χ4v) is 5.81. The fourth-order valence-electron chi connectivity index (χ4n) is 3.88. The number of benzene rings is 4. The van der Waals surface area contributed by atoms with E-state index in [4.69, 9.17) is 0 Å². The van der Waals surface area contributed by atoms with E-state index in [1.54, 1.807) is 36.4 Å². The van der Waals surface area contributed by atoms with Crippen LogP contribution in [0.2, 0.25) is 0 Å². The summed E-state index contributed by atoms with van der Waals surface area (Å²) in [6.07, 6.45) is 1.14. The highest BCUT2D eigenvalue weighted by molar-refractivity contribution is 7.92. The molecule has 39 heavy (non-hydrogen) atoms. The van der Waals surface area contributed by atoms with Gasteiger partial charge >= 0.3 is 0 Å². The van der Waals surface area contributed by atoms with Crippen LogP contribution in [0.3, 0.4) is 0 Å². The van der Waals surface area contributed by atoms with Crippen LogP contribution in [-0.2, 0) is 26.6 Å². The van der Waals surface area contributed by atoms with Crippen molar-refractivity contribution < 1.29 is 21.6 Å². The van der Waals surface area contributed by atoms with Gasteiger partial charge in [-0.2, -0.15) is 0 Å². The molecule has 0 aromatic heterocycles. The molecule has 0 unspecified atom stereocenters. The van der Waals surface area contributed by atoms with E-state index in [2.05, 4.69) is 10.0 Å². The minimum Gasteiger partial charge on any atom is -0.322 e. The van der Waals surface area contributed by atoms with Crippen LogP contribution in [0.25, 0.3) is 0 Å². The molecule has 0 aliphatic rings. The Labute approximate surface area is 229 Å². The maximum Gasteiger partial charge on any atom is 0.261 e. The zero-order valence-electron chi connectivity index (χ0n) is 21.7. The summed E-state index contributed by atoms with van der Waals surface area (Å²) < 4.78 is 54.2. The molecule has 0 bridgehead atoms. The molecule has 202 valence electrons. The van der Waals surface area contributed by atoms with Gasteiger partial charge < -0.3 is 5.32 Å². The van der Waals surface area contributed by atoms with E-state index in [1.165, 1.54) is 28.6 Å². The number of amides is 1. The van der Waals surface area contributed by atoms with Crippen LogP contribution in [0, 0.1) is 13.8 Å². The molecule has 10 heteroatoms. The lowest BCUT2D eigenvalue weighted by Gasteiger charge is -2.23. The van der Waals surface area contributed by atoms with Gasteiger partial charge in [0, 0.05) is 16.9 Å². The van der Waals surface area contributed by atoms with Crippen molar-refractivity contribution >= 4 is 43.0 Å². The van der Waals surface area contributed by atoms with E-state index >= 15 is 0 Å². The topological polar surface area (TPSA) is 113 Å². The van der Waals surface area contributed by atoms with Crippen LogP contribution >= 0.6 is 0 Å². The van der Waals surface area contributed by atoms with Crippen molar-refractivity contribution in [2.24, 2.45) is 0 Å². The molecule has 4 aromatic rings. The van der Waals surface area contributed by atoms with Gasteiger partial charge in [-0.15, -0.1) is 0 Å². The Hall–Kier alpha value is -4.15. The summed E-state index contributed by atoms with van der Waals surface area (Å²) in [5.41, 5.74) is 4.50.